The van der Waals surface area contributed by atoms with Crippen molar-refractivity contribution >= 4 is 5.97 Å². The van der Waals surface area contributed by atoms with Crippen molar-refractivity contribution in [2.45, 2.75) is 32.5 Å². The Kier molecular flexibility index (Phi) is 2.81. The van der Waals surface area contributed by atoms with Crippen LogP contribution in [0.4, 0.5) is 4.39 Å². The molecule has 1 heterocycles. The third kappa shape index (κ3) is 2.01. The Balaban J connectivity index is 2.11. The van der Waals surface area contributed by atoms with E-state index < -0.39 is 17.9 Å². The maximum Gasteiger partial charge on any atom is 0.347 e. The molecule has 0 bridgehead atoms. The number of carbonyl (C=O) groups excluding carboxylic acids is 1. The minimum Gasteiger partial charge on any atom is -0.475 e. The Labute approximate surface area is 93.2 Å². The molecule has 0 N–H and O–H groups in total. The molecule has 0 fully saturated rings. The van der Waals surface area contributed by atoms with Gasteiger partial charge in [0.1, 0.15) is 0 Å². The lowest BCUT2D eigenvalue weighted by Gasteiger charge is -2.12. The fourth-order valence-electron chi connectivity index (χ4n) is 1.67. The molecule has 0 saturated carbocycles. The number of ether oxygens (including phenoxy) is 2. The zero-order valence-corrected chi connectivity index (χ0v) is 9.20. The number of hydrogen-bond acceptors (Lipinski definition) is 3. The summed E-state index contributed by atoms with van der Waals surface area (Å²) in [5.74, 6) is -0.698. The van der Waals surface area contributed by atoms with E-state index >= 15 is 0 Å². The van der Waals surface area contributed by atoms with Gasteiger partial charge in [-0.2, -0.15) is 0 Å². The van der Waals surface area contributed by atoms with Gasteiger partial charge in [-0.1, -0.05) is 12.1 Å². The van der Waals surface area contributed by atoms with Crippen molar-refractivity contribution in [1.82, 2.24) is 0 Å². The van der Waals surface area contributed by atoms with Crippen LogP contribution >= 0.6 is 0 Å². The summed E-state index contributed by atoms with van der Waals surface area (Å²) >= 11 is 0. The molecule has 0 amide bonds. The second-order valence-electron chi connectivity index (χ2n) is 4.02. The van der Waals surface area contributed by atoms with Crippen LogP contribution in [0.2, 0.25) is 0 Å². The summed E-state index contributed by atoms with van der Waals surface area (Å²) in [4.78, 5) is 11.6. The van der Waals surface area contributed by atoms with E-state index in [0.29, 0.717) is 12.0 Å². The number of halogens is 1. The molecule has 0 aliphatic carbocycles. The van der Waals surface area contributed by atoms with E-state index in [1.807, 2.05) is 0 Å². The van der Waals surface area contributed by atoms with Crippen molar-refractivity contribution in [3.63, 3.8) is 0 Å². The molecule has 0 spiro atoms. The van der Waals surface area contributed by atoms with Crippen molar-refractivity contribution < 1.29 is 18.7 Å². The number of para-hydroxylation sites is 1. The normalized spacial score (nSPS) is 18.1. The van der Waals surface area contributed by atoms with E-state index in [1.165, 1.54) is 6.07 Å². The molecular weight excluding hydrogens is 211 g/mol. The van der Waals surface area contributed by atoms with Crippen LogP contribution in [0.1, 0.15) is 19.4 Å². The van der Waals surface area contributed by atoms with Gasteiger partial charge >= 0.3 is 5.97 Å². The van der Waals surface area contributed by atoms with Gasteiger partial charge in [0.05, 0.1) is 6.10 Å². The molecule has 0 radical (unpaired) electrons. The number of benzene rings is 1. The van der Waals surface area contributed by atoms with Gasteiger partial charge in [-0.15, -0.1) is 0 Å². The van der Waals surface area contributed by atoms with Crippen LogP contribution < -0.4 is 4.74 Å². The highest BCUT2D eigenvalue weighted by atomic mass is 19.1. The van der Waals surface area contributed by atoms with Crippen molar-refractivity contribution in [3.05, 3.63) is 29.6 Å². The Morgan fingerprint density at radius 3 is 2.94 bits per heavy atom. The smallest absolute Gasteiger partial charge is 0.347 e. The molecule has 1 atom stereocenters. The van der Waals surface area contributed by atoms with Crippen molar-refractivity contribution in [3.8, 4) is 5.75 Å². The van der Waals surface area contributed by atoms with Crippen LogP contribution in [0, 0.1) is 5.82 Å². The molecule has 2 rings (SSSR count). The molecule has 0 aromatic heterocycles. The third-order valence-corrected chi connectivity index (χ3v) is 2.33. The highest BCUT2D eigenvalue weighted by Gasteiger charge is 2.32. The maximum absolute atomic E-state index is 13.3. The van der Waals surface area contributed by atoms with Gasteiger partial charge < -0.3 is 9.47 Å². The predicted molar refractivity (Wildman–Crippen MR) is 55.7 cm³/mol. The van der Waals surface area contributed by atoms with E-state index in [0.717, 1.165) is 0 Å². The van der Waals surface area contributed by atoms with E-state index in [4.69, 9.17) is 9.47 Å². The summed E-state index contributed by atoms with van der Waals surface area (Å²) in [5.41, 5.74) is 0.714. The van der Waals surface area contributed by atoms with Gasteiger partial charge in [0.15, 0.2) is 17.7 Å². The van der Waals surface area contributed by atoms with E-state index in [1.54, 1.807) is 26.0 Å². The first-order valence-corrected chi connectivity index (χ1v) is 5.22. The second kappa shape index (κ2) is 4.12. The molecule has 1 aromatic carbocycles. The summed E-state index contributed by atoms with van der Waals surface area (Å²) < 4.78 is 23.6. The van der Waals surface area contributed by atoms with Crippen LogP contribution in [0.5, 0.6) is 5.75 Å². The van der Waals surface area contributed by atoms with Gasteiger partial charge in [0.25, 0.3) is 0 Å². The lowest BCUT2D eigenvalue weighted by Crippen LogP contribution is -2.29. The van der Waals surface area contributed by atoms with E-state index in [9.17, 15) is 9.18 Å². The highest BCUT2D eigenvalue weighted by molar-refractivity contribution is 5.77. The average molecular weight is 224 g/mol. The number of carbonyl (C=O) groups is 1. The predicted octanol–water partition coefficient (Wildman–Crippen LogP) is 2.08. The molecule has 1 aliphatic rings. The fourth-order valence-corrected chi connectivity index (χ4v) is 1.67. The summed E-state index contributed by atoms with van der Waals surface area (Å²) in [5, 5.41) is 0. The molecule has 1 aliphatic heterocycles. The number of hydrogen-bond donors (Lipinski definition) is 0. The largest absolute Gasteiger partial charge is 0.475 e. The number of fused-ring (bicyclic) bond motifs is 1. The lowest BCUT2D eigenvalue weighted by molar-refractivity contribution is -0.154. The Hall–Kier alpha value is -1.58. The molecule has 0 saturated heterocycles. The van der Waals surface area contributed by atoms with Crippen molar-refractivity contribution in [1.29, 1.82) is 0 Å². The first kappa shape index (κ1) is 10.9. The summed E-state index contributed by atoms with van der Waals surface area (Å²) in [7, 11) is 0. The monoisotopic (exact) mass is 224 g/mol. The van der Waals surface area contributed by atoms with Gasteiger partial charge in [0, 0.05) is 12.0 Å². The van der Waals surface area contributed by atoms with Crippen LogP contribution in [-0.4, -0.2) is 18.2 Å². The Morgan fingerprint density at radius 1 is 1.56 bits per heavy atom. The molecule has 16 heavy (non-hydrogen) atoms. The average Bonchev–Trinajstić information content (AvgIpc) is 2.61. The lowest BCUT2D eigenvalue weighted by atomic mass is 10.1. The third-order valence-electron chi connectivity index (χ3n) is 2.33. The van der Waals surface area contributed by atoms with Crippen LogP contribution in [-0.2, 0) is 16.0 Å². The first-order valence-electron chi connectivity index (χ1n) is 5.22. The van der Waals surface area contributed by atoms with Gasteiger partial charge in [-0.25, -0.2) is 9.18 Å². The topological polar surface area (TPSA) is 35.5 Å². The SMILES string of the molecule is CC(C)OC(=O)C1Cc2cccc(F)c2O1. The van der Waals surface area contributed by atoms with E-state index in [-0.39, 0.29) is 11.9 Å². The van der Waals surface area contributed by atoms with Gasteiger partial charge in [-0.3, -0.25) is 0 Å². The molecule has 86 valence electrons. The molecular formula is C12H13FO3. The van der Waals surface area contributed by atoms with Crippen LogP contribution in [0.3, 0.4) is 0 Å². The molecule has 1 unspecified atom stereocenters. The summed E-state index contributed by atoms with van der Waals surface area (Å²) in [6.45, 7) is 3.53. The quantitative estimate of drug-likeness (QED) is 0.721. The fraction of sp³-hybridized carbons (Fsp3) is 0.417. The Morgan fingerprint density at radius 2 is 2.31 bits per heavy atom. The number of rotatable bonds is 2. The zero-order valence-electron chi connectivity index (χ0n) is 9.20. The zero-order chi connectivity index (χ0) is 11.7. The van der Waals surface area contributed by atoms with Gasteiger partial charge in [0.2, 0.25) is 0 Å². The summed E-state index contributed by atoms with van der Waals surface area (Å²) in [6, 6.07) is 4.67. The van der Waals surface area contributed by atoms with Crippen molar-refractivity contribution in [2.75, 3.05) is 0 Å². The molecule has 3 nitrogen and oxygen atoms in total. The van der Waals surface area contributed by atoms with Crippen molar-refractivity contribution in [2.24, 2.45) is 0 Å². The maximum atomic E-state index is 13.3. The first-order chi connectivity index (χ1) is 7.58. The van der Waals surface area contributed by atoms with Gasteiger partial charge in [-0.05, 0) is 19.9 Å². The van der Waals surface area contributed by atoms with Crippen LogP contribution in [0.15, 0.2) is 18.2 Å². The van der Waals surface area contributed by atoms with Crippen LogP contribution in [0.25, 0.3) is 0 Å². The minimum absolute atomic E-state index is 0.174. The second-order valence-corrected chi connectivity index (χ2v) is 4.02. The molecule has 4 heteroatoms. The Bertz CT molecular complexity index is 415. The summed E-state index contributed by atoms with van der Waals surface area (Å²) in [6.07, 6.45) is -0.530. The molecule has 1 aromatic rings. The van der Waals surface area contributed by atoms with E-state index in [2.05, 4.69) is 0 Å². The minimum atomic E-state index is -0.714. The number of esters is 1. The standard InChI is InChI=1S/C12H13FO3/c1-7(2)15-12(14)10-6-8-4-3-5-9(13)11(8)16-10/h3-5,7,10H,6H2,1-2H3. The highest BCUT2D eigenvalue weighted by Crippen LogP contribution is 2.31.